The summed E-state index contributed by atoms with van der Waals surface area (Å²) < 4.78 is 38.8. The number of fused-ring (bicyclic) bond motifs is 1. The van der Waals surface area contributed by atoms with Crippen molar-refractivity contribution in [2.75, 3.05) is 0 Å². The average Bonchev–Trinajstić information content (AvgIpc) is 2.48. The van der Waals surface area contributed by atoms with E-state index in [2.05, 4.69) is 9.97 Å². The Hall–Kier alpha value is -1.63. The third kappa shape index (κ3) is 3.09. The van der Waals surface area contributed by atoms with Gasteiger partial charge in [-0.15, -0.1) is 0 Å². The van der Waals surface area contributed by atoms with E-state index in [1.807, 2.05) is 0 Å². The molecular formula is C15H13F3N2OS. The lowest BCUT2D eigenvalue weighted by molar-refractivity contribution is -0.145. The number of rotatable bonds is 2. The molecule has 3 nitrogen and oxygen atoms in total. The third-order valence-corrected chi connectivity index (χ3v) is 4.89. The monoisotopic (exact) mass is 326 g/mol. The molecule has 1 heterocycles. The Morgan fingerprint density at radius 1 is 1.14 bits per heavy atom. The molecule has 0 bridgehead atoms. The van der Waals surface area contributed by atoms with E-state index in [-0.39, 0.29) is 21.6 Å². The summed E-state index contributed by atoms with van der Waals surface area (Å²) in [6.07, 6.45) is -1.65. The molecule has 1 aliphatic rings. The van der Waals surface area contributed by atoms with Gasteiger partial charge in [0.05, 0.1) is 10.8 Å². The van der Waals surface area contributed by atoms with Crippen molar-refractivity contribution >= 4 is 28.4 Å². The van der Waals surface area contributed by atoms with Gasteiger partial charge in [0.2, 0.25) is 5.82 Å². The van der Waals surface area contributed by atoms with E-state index in [1.165, 1.54) is 6.07 Å². The van der Waals surface area contributed by atoms with Crippen LogP contribution in [-0.4, -0.2) is 21.0 Å². The minimum Gasteiger partial charge on any atom is -0.298 e. The first-order valence-electron chi connectivity index (χ1n) is 6.98. The van der Waals surface area contributed by atoms with Crippen molar-refractivity contribution in [3.63, 3.8) is 0 Å². The highest BCUT2D eigenvalue weighted by Crippen LogP contribution is 2.36. The minimum absolute atomic E-state index is 0.0903. The molecule has 3 rings (SSSR count). The van der Waals surface area contributed by atoms with Crippen LogP contribution in [0.5, 0.6) is 0 Å². The van der Waals surface area contributed by atoms with Gasteiger partial charge >= 0.3 is 6.18 Å². The van der Waals surface area contributed by atoms with Crippen LogP contribution in [0.4, 0.5) is 13.2 Å². The van der Waals surface area contributed by atoms with Crippen molar-refractivity contribution in [2.24, 2.45) is 0 Å². The summed E-state index contributed by atoms with van der Waals surface area (Å²) in [5.74, 6) is -1.07. The van der Waals surface area contributed by atoms with Crippen LogP contribution < -0.4 is 0 Å². The van der Waals surface area contributed by atoms with Gasteiger partial charge in [0.1, 0.15) is 10.8 Å². The van der Waals surface area contributed by atoms with Crippen molar-refractivity contribution in [3.05, 3.63) is 30.1 Å². The predicted octanol–water partition coefficient (Wildman–Crippen LogP) is 4.25. The van der Waals surface area contributed by atoms with Gasteiger partial charge in [0.25, 0.3) is 0 Å². The first kappa shape index (κ1) is 15.3. The number of ketones is 1. The Morgan fingerprint density at radius 3 is 2.64 bits per heavy atom. The molecule has 0 amide bonds. The predicted molar refractivity (Wildman–Crippen MR) is 77.7 cm³/mol. The Bertz CT molecular complexity index is 717. The maximum absolute atomic E-state index is 12.9. The van der Waals surface area contributed by atoms with Crippen LogP contribution in [0, 0.1) is 0 Å². The topological polar surface area (TPSA) is 42.9 Å². The fourth-order valence-corrected chi connectivity index (χ4v) is 3.72. The zero-order chi connectivity index (χ0) is 15.7. The van der Waals surface area contributed by atoms with E-state index >= 15 is 0 Å². The van der Waals surface area contributed by atoms with Crippen LogP contribution in [0.2, 0.25) is 0 Å². The van der Waals surface area contributed by atoms with E-state index in [4.69, 9.17) is 0 Å². The second kappa shape index (κ2) is 5.87. The number of alkyl halides is 3. The van der Waals surface area contributed by atoms with Crippen LogP contribution in [0.1, 0.15) is 31.5 Å². The lowest BCUT2D eigenvalue weighted by Gasteiger charge is -2.20. The minimum atomic E-state index is -4.60. The number of carbonyl (C=O) groups is 1. The van der Waals surface area contributed by atoms with Gasteiger partial charge in [0, 0.05) is 11.8 Å². The van der Waals surface area contributed by atoms with Gasteiger partial charge in [-0.25, -0.2) is 9.97 Å². The lowest BCUT2D eigenvalue weighted by atomic mass is 9.99. The van der Waals surface area contributed by atoms with Crippen LogP contribution in [0.3, 0.4) is 0 Å². The number of Topliss-reactive ketones (excluding diaryl/α,β-unsaturated/α-hetero) is 1. The highest BCUT2D eigenvalue weighted by molar-refractivity contribution is 8.00. The number of nitrogens with zero attached hydrogens (tertiary/aromatic N) is 2. The summed E-state index contributed by atoms with van der Waals surface area (Å²) in [7, 11) is 0. The van der Waals surface area contributed by atoms with E-state index in [0.29, 0.717) is 18.2 Å². The smallest absolute Gasteiger partial charge is 0.298 e. The molecular weight excluding hydrogens is 313 g/mol. The normalized spacial score (nSPS) is 19.6. The van der Waals surface area contributed by atoms with Crippen molar-refractivity contribution in [1.82, 2.24) is 9.97 Å². The molecule has 0 spiro atoms. The van der Waals surface area contributed by atoms with E-state index in [1.54, 1.807) is 18.2 Å². The Kier molecular flexibility index (Phi) is 4.08. The first-order chi connectivity index (χ1) is 10.4. The molecule has 0 radical (unpaired) electrons. The Morgan fingerprint density at radius 2 is 1.91 bits per heavy atom. The van der Waals surface area contributed by atoms with Gasteiger partial charge in [-0.2, -0.15) is 13.2 Å². The largest absolute Gasteiger partial charge is 0.451 e. The molecule has 1 aromatic heterocycles. The molecule has 1 aliphatic carbocycles. The van der Waals surface area contributed by atoms with Crippen LogP contribution in [0.15, 0.2) is 29.3 Å². The van der Waals surface area contributed by atoms with Crippen LogP contribution >= 0.6 is 11.8 Å². The van der Waals surface area contributed by atoms with Crippen molar-refractivity contribution in [2.45, 2.75) is 42.1 Å². The second-order valence-corrected chi connectivity index (χ2v) is 6.38. The third-order valence-electron chi connectivity index (χ3n) is 3.57. The average molecular weight is 326 g/mol. The molecule has 0 aliphatic heterocycles. The van der Waals surface area contributed by atoms with Gasteiger partial charge in [0.15, 0.2) is 0 Å². The van der Waals surface area contributed by atoms with Crippen LogP contribution in [-0.2, 0) is 11.0 Å². The highest BCUT2D eigenvalue weighted by Gasteiger charge is 2.36. The Balaban J connectivity index is 2.04. The van der Waals surface area contributed by atoms with E-state index < -0.39 is 12.0 Å². The number of aromatic nitrogens is 2. The highest BCUT2D eigenvalue weighted by atomic mass is 32.2. The number of para-hydroxylation sites is 1. The van der Waals surface area contributed by atoms with Gasteiger partial charge in [-0.05, 0) is 18.9 Å². The summed E-state index contributed by atoms with van der Waals surface area (Å²) in [5, 5.41) is 0.477. The van der Waals surface area contributed by atoms with Gasteiger partial charge < -0.3 is 0 Å². The summed E-state index contributed by atoms with van der Waals surface area (Å²) in [6.45, 7) is 0. The van der Waals surface area contributed by atoms with E-state index in [0.717, 1.165) is 24.6 Å². The molecule has 2 aromatic rings. The van der Waals surface area contributed by atoms with Crippen molar-refractivity contribution < 1.29 is 18.0 Å². The number of carbonyl (C=O) groups excluding carboxylic acids is 1. The summed E-state index contributed by atoms with van der Waals surface area (Å²) in [4.78, 5) is 19.2. The van der Waals surface area contributed by atoms with Gasteiger partial charge in [-0.3, -0.25) is 4.79 Å². The number of halogens is 3. The van der Waals surface area contributed by atoms with Crippen molar-refractivity contribution in [1.29, 1.82) is 0 Å². The summed E-state index contributed by atoms with van der Waals surface area (Å²) in [5.41, 5.74) is 0.246. The maximum Gasteiger partial charge on any atom is 0.451 e. The lowest BCUT2D eigenvalue weighted by Crippen LogP contribution is -2.21. The Labute approximate surface area is 129 Å². The fraction of sp³-hybridized carbons (Fsp3) is 0.400. The molecule has 1 saturated carbocycles. The van der Waals surface area contributed by atoms with Crippen molar-refractivity contribution in [3.8, 4) is 0 Å². The molecule has 0 N–H and O–H groups in total. The molecule has 1 aromatic carbocycles. The molecule has 1 fully saturated rings. The fourth-order valence-electron chi connectivity index (χ4n) is 2.47. The second-order valence-electron chi connectivity index (χ2n) is 5.19. The first-order valence-corrected chi connectivity index (χ1v) is 7.86. The SMILES string of the molecule is O=C1CCCC[C@H]1Sc1nc(C(F)(F)F)nc2ccccc12. The molecule has 1 atom stereocenters. The molecule has 22 heavy (non-hydrogen) atoms. The summed E-state index contributed by atoms with van der Waals surface area (Å²) >= 11 is 1.13. The number of hydrogen-bond donors (Lipinski definition) is 0. The standard InChI is InChI=1S/C15H13F3N2OS/c16-15(17,18)14-19-10-6-2-1-5-9(10)13(20-14)22-12-8-4-3-7-11(12)21/h1-2,5-6,12H,3-4,7-8H2/t12-/m1/s1. The number of benzene rings is 1. The molecule has 0 saturated heterocycles. The quantitative estimate of drug-likeness (QED) is 0.774. The molecule has 7 heteroatoms. The number of thioether (sulfide) groups is 1. The number of hydrogen-bond acceptors (Lipinski definition) is 4. The van der Waals surface area contributed by atoms with Crippen LogP contribution in [0.25, 0.3) is 10.9 Å². The van der Waals surface area contributed by atoms with Gasteiger partial charge in [-0.1, -0.05) is 36.4 Å². The summed E-state index contributed by atoms with van der Waals surface area (Å²) in [6, 6.07) is 6.57. The maximum atomic E-state index is 12.9. The van der Waals surface area contributed by atoms with E-state index in [9.17, 15) is 18.0 Å². The zero-order valence-corrected chi connectivity index (χ0v) is 12.4. The zero-order valence-electron chi connectivity index (χ0n) is 11.6. The molecule has 116 valence electrons. The molecule has 0 unspecified atom stereocenters.